The summed E-state index contributed by atoms with van der Waals surface area (Å²) in [6.45, 7) is 4.13. The lowest BCUT2D eigenvalue weighted by atomic mass is 10.1. The number of nitrogens with zero attached hydrogens (tertiary/aromatic N) is 2. The maximum Gasteiger partial charge on any atom is 0.248 e. The van der Waals surface area contributed by atoms with Crippen LogP contribution in [0.3, 0.4) is 0 Å². The summed E-state index contributed by atoms with van der Waals surface area (Å²) < 4.78 is 24.2. The van der Waals surface area contributed by atoms with Gasteiger partial charge in [0.15, 0.2) is 15.0 Å². The van der Waals surface area contributed by atoms with Crippen molar-refractivity contribution in [2.24, 2.45) is 4.99 Å². The molecule has 0 aromatic heterocycles. The molecule has 2 atom stereocenters. The molecule has 1 amide bonds. The van der Waals surface area contributed by atoms with Crippen molar-refractivity contribution in [2.75, 3.05) is 16.4 Å². The summed E-state index contributed by atoms with van der Waals surface area (Å²) in [6, 6.07) is 8.10. The number of aliphatic imine (C=N–C) groups is 1. The summed E-state index contributed by atoms with van der Waals surface area (Å²) in [5, 5.41) is 0.600. The number of fused-ring (bicyclic) bond motifs is 1. The van der Waals surface area contributed by atoms with Crippen LogP contribution >= 0.6 is 11.8 Å². The van der Waals surface area contributed by atoms with Crippen molar-refractivity contribution in [3.05, 3.63) is 29.8 Å². The zero-order valence-corrected chi connectivity index (χ0v) is 17.0. The van der Waals surface area contributed by atoms with E-state index in [0.717, 1.165) is 31.4 Å². The molecule has 1 aromatic carbocycles. The first-order valence-electron chi connectivity index (χ1n) is 9.30. The highest BCUT2D eigenvalue weighted by molar-refractivity contribution is 8.16. The predicted octanol–water partition coefficient (Wildman–Crippen LogP) is 3.43. The zero-order chi connectivity index (χ0) is 18.7. The van der Waals surface area contributed by atoms with Gasteiger partial charge in [0.2, 0.25) is 5.91 Å². The first-order valence-corrected chi connectivity index (χ1v) is 12.0. The number of carbonyl (C=O) groups excluding carboxylic acids is 1. The average Bonchev–Trinajstić information content (AvgIpc) is 3.04. The van der Waals surface area contributed by atoms with Crippen molar-refractivity contribution in [1.29, 1.82) is 0 Å². The summed E-state index contributed by atoms with van der Waals surface area (Å²) in [7, 11) is -3.03. The Bertz CT molecular complexity index is 788. The number of hydrogen-bond donors (Lipinski definition) is 0. The van der Waals surface area contributed by atoms with Crippen LogP contribution in [-0.4, -0.2) is 42.3 Å². The second-order valence-electron chi connectivity index (χ2n) is 6.98. The van der Waals surface area contributed by atoms with Gasteiger partial charge in [0, 0.05) is 17.4 Å². The molecule has 2 aliphatic heterocycles. The van der Waals surface area contributed by atoms with Crippen LogP contribution in [0.4, 0.5) is 5.69 Å². The maximum absolute atomic E-state index is 12.1. The highest BCUT2D eigenvalue weighted by Gasteiger charge is 2.49. The lowest BCUT2D eigenvalue weighted by Gasteiger charge is -2.24. The van der Waals surface area contributed by atoms with Crippen molar-refractivity contribution in [2.45, 2.75) is 57.2 Å². The molecule has 0 bridgehead atoms. The van der Waals surface area contributed by atoms with E-state index in [2.05, 4.69) is 24.0 Å². The van der Waals surface area contributed by atoms with E-state index in [9.17, 15) is 13.2 Å². The van der Waals surface area contributed by atoms with E-state index in [1.807, 2.05) is 24.0 Å². The molecule has 7 heteroatoms. The number of unbranched alkanes of at least 4 members (excludes halogenated alkanes) is 1. The SMILES string of the molecule is CCCCc1ccc(N2C(=NC(=O)CCC)SC3CS(=O)(=O)CC32)cc1. The van der Waals surface area contributed by atoms with E-state index in [0.29, 0.717) is 11.6 Å². The minimum absolute atomic E-state index is 0.0482. The van der Waals surface area contributed by atoms with Crippen LogP contribution < -0.4 is 4.90 Å². The fourth-order valence-corrected chi connectivity index (χ4v) is 7.38. The molecule has 0 N–H and O–H groups in total. The second-order valence-corrected chi connectivity index (χ2v) is 10.3. The van der Waals surface area contributed by atoms with Gasteiger partial charge in [-0.2, -0.15) is 4.99 Å². The number of amidine groups is 1. The Kier molecular flexibility index (Phi) is 6.07. The van der Waals surface area contributed by atoms with Gasteiger partial charge in [0.25, 0.3) is 0 Å². The first kappa shape index (κ1) is 19.4. The third-order valence-electron chi connectivity index (χ3n) is 4.78. The number of thioether (sulfide) groups is 1. The van der Waals surface area contributed by atoms with Crippen molar-refractivity contribution in [3.63, 3.8) is 0 Å². The van der Waals surface area contributed by atoms with Gasteiger partial charge in [-0.3, -0.25) is 4.79 Å². The van der Waals surface area contributed by atoms with Crippen molar-refractivity contribution in [3.8, 4) is 0 Å². The van der Waals surface area contributed by atoms with Crippen molar-refractivity contribution in [1.82, 2.24) is 0 Å². The van der Waals surface area contributed by atoms with E-state index in [-0.39, 0.29) is 28.7 Å². The molecule has 2 saturated heterocycles. The van der Waals surface area contributed by atoms with Gasteiger partial charge in [-0.05, 0) is 37.0 Å². The summed E-state index contributed by atoms with van der Waals surface area (Å²) in [5.41, 5.74) is 2.20. The van der Waals surface area contributed by atoms with E-state index < -0.39 is 9.84 Å². The fraction of sp³-hybridized carbons (Fsp3) is 0.579. The summed E-state index contributed by atoms with van der Waals surface area (Å²) in [5.74, 6) is 0.153. The Hall–Kier alpha value is -1.34. The number of hydrogen-bond acceptors (Lipinski definition) is 4. The fourth-order valence-electron chi connectivity index (χ4n) is 3.45. The summed E-state index contributed by atoms with van der Waals surface area (Å²) in [6.07, 6.45) is 4.53. The topological polar surface area (TPSA) is 66.8 Å². The molecule has 26 heavy (non-hydrogen) atoms. The second kappa shape index (κ2) is 8.13. The Labute approximate surface area is 160 Å². The molecule has 0 aliphatic carbocycles. The summed E-state index contributed by atoms with van der Waals surface area (Å²) >= 11 is 1.43. The molecule has 0 radical (unpaired) electrons. The van der Waals surface area contributed by atoms with Gasteiger partial charge in [-0.1, -0.05) is 44.2 Å². The Balaban J connectivity index is 1.89. The van der Waals surface area contributed by atoms with E-state index >= 15 is 0 Å². The molecule has 1 aromatic rings. The molecular weight excluding hydrogens is 368 g/mol. The monoisotopic (exact) mass is 394 g/mol. The van der Waals surface area contributed by atoms with Gasteiger partial charge in [0.05, 0.1) is 17.5 Å². The summed E-state index contributed by atoms with van der Waals surface area (Å²) in [4.78, 5) is 18.3. The van der Waals surface area contributed by atoms with Gasteiger partial charge in [-0.15, -0.1) is 0 Å². The average molecular weight is 395 g/mol. The number of anilines is 1. The van der Waals surface area contributed by atoms with Crippen LogP contribution in [0.2, 0.25) is 0 Å². The molecule has 2 fully saturated rings. The highest BCUT2D eigenvalue weighted by atomic mass is 32.2. The third-order valence-corrected chi connectivity index (χ3v) is 7.99. The van der Waals surface area contributed by atoms with E-state index in [1.165, 1.54) is 17.3 Å². The lowest BCUT2D eigenvalue weighted by molar-refractivity contribution is -0.117. The normalized spacial score (nSPS) is 25.6. The van der Waals surface area contributed by atoms with Gasteiger partial charge < -0.3 is 4.90 Å². The minimum Gasteiger partial charge on any atom is -0.316 e. The zero-order valence-electron chi connectivity index (χ0n) is 15.3. The Morgan fingerprint density at radius 3 is 2.58 bits per heavy atom. The van der Waals surface area contributed by atoms with Gasteiger partial charge in [0.1, 0.15) is 0 Å². The lowest BCUT2D eigenvalue weighted by Crippen LogP contribution is -2.37. The van der Waals surface area contributed by atoms with Gasteiger partial charge in [-0.25, -0.2) is 8.42 Å². The highest BCUT2D eigenvalue weighted by Crippen LogP contribution is 2.41. The molecule has 5 nitrogen and oxygen atoms in total. The molecule has 0 spiro atoms. The van der Waals surface area contributed by atoms with Crippen LogP contribution in [0.1, 0.15) is 45.1 Å². The van der Waals surface area contributed by atoms with Gasteiger partial charge >= 0.3 is 0 Å². The third kappa shape index (κ3) is 4.31. The minimum atomic E-state index is -3.03. The quantitative estimate of drug-likeness (QED) is 0.739. The molecule has 2 unspecified atom stereocenters. The molecule has 0 saturated carbocycles. The maximum atomic E-state index is 12.1. The van der Waals surface area contributed by atoms with Crippen molar-refractivity contribution >= 4 is 38.4 Å². The van der Waals surface area contributed by atoms with Crippen LogP contribution in [0.5, 0.6) is 0 Å². The number of sulfone groups is 1. The molecular formula is C19H26N2O3S2. The molecule has 2 heterocycles. The van der Waals surface area contributed by atoms with Crippen LogP contribution in [0.15, 0.2) is 29.3 Å². The first-order chi connectivity index (χ1) is 12.4. The van der Waals surface area contributed by atoms with Crippen LogP contribution in [0, 0.1) is 0 Å². The van der Waals surface area contributed by atoms with E-state index in [4.69, 9.17) is 0 Å². The largest absolute Gasteiger partial charge is 0.316 e. The number of aryl methyl sites for hydroxylation is 1. The van der Waals surface area contributed by atoms with E-state index in [1.54, 1.807) is 0 Å². The van der Waals surface area contributed by atoms with Crippen molar-refractivity contribution < 1.29 is 13.2 Å². The number of carbonyl (C=O) groups is 1. The molecule has 3 rings (SSSR count). The number of amides is 1. The smallest absolute Gasteiger partial charge is 0.248 e. The Morgan fingerprint density at radius 1 is 1.19 bits per heavy atom. The standard InChI is InChI=1S/C19H26N2O3S2/c1-3-5-7-14-8-10-15(11-9-14)21-16-12-26(23,24)13-17(16)25-19(21)20-18(22)6-4-2/h8-11,16-17H,3-7,12-13H2,1-2H3. The van der Waals surface area contributed by atoms with Crippen LogP contribution in [0.25, 0.3) is 0 Å². The Morgan fingerprint density at radius 2 is 1.92 bits per heavy atom. The number of rotatable bonds is 6. The molecule has 142 valence electrons. The molecule has 2 aliphatic rings. The van der Waals surface area contributed by atoms with Crippen LogP contribution in [-0.2, 0) is 21.1 Å². The predicted molar refractivity (Wildman–Crippen MR) is 109 cm³/mol. The number of benzene rings is 1.